The summed E-state index contributed by atoms with van der Waals surface area (Å²) in [7, 11) is 2.13. The highest BCUT2D eigenvalue weighted by atomic mass is 16.4. The normalized spacial score (nSPS) is 11.6. The maximum absolute atomic E-state index is 5.70. The summed E-state index contributed by atoms with van der Waals surface area (Å²) in [5, 5.41) is 3.20. The Morgan fingerprint density at radius 1 is 1.42 bits per heavy atom. The van der Waals surface area contributed by atoms with Gasteiger partial charge in [0.2, 0.25) is 0 Å². The molecule has 0 saturated heterocycles. The molecule has 1 aromatic carbocycles. The zero-order valence-electron chi connectivity index (χ0n) is 11.8. The highest BCUT2D eigenvalue weighted by Gasteiger charge is 2.06. The molecule has 0 atom stereocenters. The van der Waals surface area contributed by atoms with Crippen LogP contribution in [-0.4, -0.2) is 36.1 Å². The molecule has 0 aliphatic rings. The molecular formula is C14H22N4O. The van der Waals surface area contributed by atoms with Crippen molar-refractivity contribution in [1.82, 2.24) is 9.88 Å². The fourth-order valence-corrected chi connectivity index (χ4v) is 1.80. The fraction of sp³-hybridized carbons (Fsp3) is 0.500. The van der Waals surface area contributed by atoms with Crippen molar-refractivity contribution < 1.29 is 4.42 Å². The summed E-state index contributed by atoms with van der Waals surface area (Å²) in [4.78, 5) is 6.67. The minimum absolute atomic E-state index is 0.563. The molecule has 1 aromatic heterocycles. The van der Waals surface area contributed by atoms with Gasteiger partial charge in [-0.05, 0) is 46.0 Å². The van der Waals surface area contributed by atoms with Crippen molar-refractivity contribution >= 4 is 22.8 Å². The predicted octanol–water partition coefficient (Wildman–Crippen LogP) is 2.55. The van der Waals surface area contributed by atoms with Crippen LogP contribution in [0.15, 0.2) is 22.6 Å². The average molecular weight is 262 g/mol. The summed E-state index contributed by atoms with van der Waals surface area (Å²) in [5.41, 5.74) is 7.94. The average Bonchev–Trinajstić information content (AvgIpc) is 2.75. The molecule has 2 rings (SSSR count). The van der Waals surface area contributed by atoms with Gasteiger partial charge in [-0.3, -0.25) is 0 Å². The van der Waals surface area contributed by atoms with Crippen molar-refractivity contribution in [3.05, 3.63) is 18.2 Å². The van der Waals surface area contributed by atoms with E-state index in [1.54, 1.807) is 6.07 Å². The second-order valence-corrected chi connectivity index (χ2v) is 5.10. The lowest BCUT2D eigenvalue weighted by atomic mass is 10.3. The minimum atomic E-state index is 0.563. The third-order valence-electron chi connectivity index (χ3n) is 3.26. The topological polar surface area (TPSA) is 67.3 Å². The van der Waals surface area contributed by atoms with Crippen LogP contribution < -0.4 is 11.1 Å². The van der Waals surface area contributed by atoms with Crippen molar-refractivity contribution in [1.29, 1.82) is 0 Å². The van der Waals surface area contributed by atoms with Crippen LogP contribution >= 0.6 is 0 Å². The van der Waals surface area contributed by atoms with Crippen molar-refractivity contribution in [2.45, 2.75) is 26.3 Å². The standard InChI is InChI=1S/C14H22N4O/c1-10(2)18(3)8-4-7-16-14-17-12-6-5-11(15)9-13(12)19-14/h5-6,9-10H,4,7-8,15H2,1-3H3,(H,16,17). The smallest absolute Gasteiger partial charge is 0.295 e. The van der Waals surface area contributed by atoms with Gasteiger partial charge >= 0.3 is 0 Å². The Hall–Kier alpha value is -1.75. The van der Waals surface area contributed by atoms with Crippen LogP contribution in [0.4, 0.5) is 11.7 Å². The molecule has 0 spiro atoms. The van der Waals surface area contributed by atoms with E-state index in [0.29, 0.717) is 17.7 Å². The van der Waals surface area contributed by atoms with E-state index in [2.05, 4.69) is 36.1 Å². The quantitative estimate of drug-likeness (QED) is 0.618. The summed E-state index contributed by atoms with van der Waals surface area (Å²) in [6.45, 7) is 6.29. The number of nitrogen functional groups attached to an aromatic ring is 1. The molecule has 2 aromatic rings. The molecule has 0 aliphatic carbocycles. The Morgan fingerprint density at radius 2 is 2.21 bits per heavy atom. The zero-order valence-corrected chi connectivity index (χ0v) is 11.8. The van der Waals surface area contributed by atoms with Crippen LogP contribution in [0.2, 0.25) is 0 Å². The van der Waals surface area contributed by atoms with Gasteiger partial charge in [0.1, 0.15) is 5.52 Å². The molecular weight excluding hydrogens is 240 g/mol. The SMILES string of the molecule is CC(C)N(C)CCCNc1nc2ccc(N)cc2o1. The maximum atomic E-state index is 5.70. The third kappa shape index (κ3) is 3.61. The predicted molar refractivity (Wildman–Crippen MR) is 79.3 cm³/mol. The molecule has 3 N–H and O–H groups in total. The molecule has 1 heterocycles. The third-order valence-corrected chi connectivity index (χ3v) is 3.26. The molecule has 104 valence electrons. The highest BCUT2D eigenvalue weighted by molar-refractivity contribution is 5.77. The Kier molecular flexibility index (Phi) is 4.27. The van der Waals surface area contributed by atoms with E-state index >= 15 is 0 Å². The number of aromatic nitrogens is 1. The minimum Gasteiger partial charge on any atom is -0.423 e. The molecule has 19 heavy (non-hydrogen) atoms. The van der Waals surface area contributed by atoms with Crippen molar-refractivity contribution in [2.75, 3.05) is 31.2 Å². The number of nitrogens with one attached hydrogen (secondary N) is 1. The zero-order chi connectivity index (χ0) is 13.8. The van der Waals surface area contributed by atoms with Crippen molar-refractivity contribution in [2.24, 2.45) is 0 Å². The second kappa shape index (κ2) is 5.93. The molecule has 0 amide bonds. The van der Waals surface area contributed by atoms with Gasteiger partial charge in [0, 0.05) is 24.3 Å². The van der Waals surface area contributed by atoms with E-state index in [1.807, 2.05) is 12.1 Å². The first-order valence-electron chi connectivity index (χ1n) is 6.66. The number of fused-ring (bicyclic) bond motifs is 1. The van der Waals surface area contributed by atoms with E-state index in [1.165, 1.54) is 0 Å². The highest BCUT2D eigenvalue weighted by Crippen LogP contribution is 2.20. The Bertz CT molecular complexity index is 535. The monoisotopic (exact) mass is 262 g/mol. The Morgan fingerprint density at radius 3 is 2.95 bits per heavy atom. The summed E-state index contributed by atoms with van der Waals surface area (Å²) < 4.78 is 5.59. The molecule has 0 radical (unpaired) electrons. The first kappa shape index (κ1) is 13.7. The van der Waals surface area contributed by atoms with Gasteiger partial charge in [-0.2, -0.15) is 4.98 Å². The van der Waals surface area contributed by atoms with Gasteiger partial charge in [-0.25, -0.2) is 0 Å². The Labute approximate surface area is 113 Å². The van der Waals surface area contributed by atoms with Gasteiger partial charge in [0.25, 0.3) is 6.01 Å². The molecule has 0 aliphatic heterocycles. The lowest BCUT2D eigenvalue weighted by Crippen LogP contribution is -2.28. The number of rotatable bonds is 6. The maximum Gasteiger partial charge on any atom is 0.295 e. The van der Waals surface area contributed by atoms with Gasteiger partial charge < -0.3 is 20.4 Å². The van der Waals surface area contributed by atoms with Crippen molar-refractivity contribution in [3.63, 3.8) is 0 Å². The summed E-state index contributed by atoms with van der Waals surface area (Å²) >= 11 is 0. The second-order valence-electron chi connectivity index (χ2n) is 5.10. The van der Waals surface area contributed by atoms with Crippen LogP contribution in [-0.2, 0) is 0 Å². The summed E-state index contributed by atoms with van der Waals surface area (Å²) in [5.74, 6) is 0. The summed E-state index contributed by atoms with van der Waals surface area (Å²) in [6.07, 6.45) is 1.05. The van der Waals surface area contributed by atoms with Crippen LogP contribution in [0.3, 0.4) is 0 Å². The number of benzene rings is 1. The van der Waals surface area contributed by atoms with Gasteiger partial charge in [0.05, 0.1) is 0 Å². The van der Waals surface area contributed by atoms with Gasteiger partial charge in [0.15, 0.2) is 5.58 Å². The number of hydrogen-bond donors (Lipinski definition) is 2. The Balaban J connectivity index is 1.85. The van der Waals surface area contributed by atoms with Gasteiger partial charge in [-0.1, -0.05) is 0 Å². The van der Waals surface area contributed by atoms with Crippen molar-refractivity contribution in [3.8, 4) is 0 Å². The van der Waals surface area contributed by atoms with Gasteiger partial charge in [-0.15, -0.1) is 0 Å². The van der Waals surface area contributed by atoms with E-state index in [4.69, 9.17) is 10.2 Å². The number of nitrogens with zero attached hydrogens (tertiary/aromatic N) is 2. The number of hydrogen-bond acceptors (Lipinski definition) is 5. The molecule has 5 nitrogen and oxygen atoms in total. The molecule has 0 fully saturated rings. The number of anilines is 2. The largest absolute Gasteiger partial charge is 0.423 e. The lowest BCUT2D eigenvalue weighted by Gasteiger charge is -2.20. The first-order chi connectivity index (χ1) is 9.06. The molecule has 0 saturated carbocycles. The van der Waals surface area contributed by atoms with Crippen LogP contribution in [0, 0.1) is 0 Å². The van der Waals surface area contributed by atoms with E-state index in [9.17, 15) is 0 Å². The van der Waals surface area contributed by atoms with Crippen LogP contribution in [0.25, 0.3) is 11.1 Å². The summed E-state index contributed by atoms with van der Waals surface area (Å²) in [6, 6.07) is 6.62. The fourth-order valence-electron chi connectivity index (χ4n) is 1.80. The molecule has 5 heteroatoms. The molecule has 0 unspecified atom stereocenters. The molecule has 0 bridgehead atoms. The first-order valence-corrected chi connectivity index (χ1v) is 6.66. The number of nitrogens with two attached hydrogens (primary N) is 1. The van der Waals surface area contributed by atoms with E-state index < -0.39 is 0 Å². The number of oxazole rings is 1. The van der Waals surface area contributed by atoms with Crippen LogP contribution in [0.1, 0.15) is 20.3 Å². The lowest BCUT2D eigenvalue weighted by molar-refractivity contribution is 0.273. The van der Waals surface area contributed by atoms with Crippen LogP contribution in [0.5, 0.6) is 0 Å². The van der Waals surface area contributed by atoms with E-state index in [-0.39, 0.29) is 0 Å². The van der Waals surface area contributed by atoms with E-state index in [0.717, 1.165) is 30.6 Å².